The summed E-state index contributed by atoms with van der Waals surface area (Å²) in [5.41, 5.74) is 0.220. The fraction of sp³-hybridized carbons (Fsp3) is 0.231. The van der Waals surface area contributed by atoms with Crippen molar-refractivity contribution in [3.8, 4) is 17.2 Å². The van der Waals surface area contributed by atoms with E-state index in [2.05, 4.69) is 0 Å². The van der Waals surface area contributed by atoms with Gasteiger partial charge < -0.3 is 19.1 Å². The summed E-state index contributed by atoms with van der Waals surface area (Å²) < 4.78 is 45.0. The van der Waals surface area contributed by atoms with Crippen molar-refractivity contribution >= 4 is 21.5 Å². The molecule has 0 fully saturated rings. The molecule has 0 amide bonds. The zero-order valence-electron chi connectivity index (χ0n) is 11.7. The first kappa shape index (κ1) is 18.2. The predicted molar refractivity (Wildman–Crippen MR) is 74.0 cm³/mol. The quantitative estimate of drug-likeness (QED) is 0.538. The summed E-state index contributed by atoms with van der Waals surface area (Å²) in [6, 6.07) is 3.54. The summed E-state index contributed by atoms with van der Waals surface area (Å²) in [4.78, 5) is -0.347. The second-order valence-electron chi connectivity index (χ2n) is 4.60. The molecule has 0 radical (unpaired) electrons. The maximum atomic E-state index is 11.3. The van der Waals surface area contributed by atoms with Gasteiger partial charge in [-0.3, -0.25) is 0 Å². The van der Waals surface area contributed by atoms with Crippen LogP contribution in [-0.4, -0.2) is 30.8 Å². The van der Waals surface area contributed by atoms with Crippen LogP contribution in [-0.2, 0) is 16.5 Å². The van der Waals surface area contributed by atoms with Gasteiger partial charge in [-0.25, -0.2) is 8.42 Å². The van der Waals surface area contributed by atoms with Crippen LogP contribution in [0.15, 0.2) is 33.9 Å². The van der Waals surface area contributed by atoms with Crippen LogP contribution >= 0.6 is 11.3 Å². The Bertz CT molecular complexity index is 771. The Kier molecular flexibility index (Phi) is 5.94. The number of phenolic OH excluding ortho intramolecular Hbond substituents is 1. The van der Waals surface area contributed by atoms with Crippen molar-refractivity contribution in [3.63, 3.8) is 0 Å². The molecule has 0 aliphatic carbocycles. The van der Waals surface area contributed by atoms with Gasteiger partial charge in [0, 0.05) is 17.2 Å². The maximum Gasteiger partial charge on any atom is 1.00 e. The predicted octanol–water partition coefficient (Wildman–Crippen LogP) is -1.26. The van der Waals surface area contributed by atoms with Gasteiger partial charge in [-0.15, -0.1) is 11.3 Å². The Morgan fingerprint density at radius 2 is 2.05 bits per heavy atom. The molecule has 0 bridgehead atoms. The van der Waals surface area contributed by atoms with Crippen molar-refractivity contribution in [1.82, 2.24) is 0 Å². The average Bonchev–Trinajstić information content (AvgIpc) is 2.84. The standard InChI is InChI=1S/C13H12O6S2.K/c14-9-1-2-13(21(15,16)17)8(3-9)4-10-5-18-11-6-20-7-12(11)19-10;/h1-3,6-7,10,14H,4-5H2,(H,15,16,17);/q;+1/p-1. The summed E-state index contributed by atoms with van der Waals surface area (Å²) >= 11 is 1.44. The Labute approximate surface area is 174 Å². The summed E-state index contributed by atoms with van der Waals surface area (Å²) in [7, 11) is -4.61. The van der Waals surface area contributed by atoms with Gasteiger partial charge in [-0.1, -0.05) is 0 Å². The second-order valence-corrected chi connectivity index (χ2v) is 6.69. The zero-order valence-corrected chi connectivity index (χ0v) is 16.4. The molecule has 0 spiro atoms. The van der Waals surface area contributed by atoms with Crippen LogP contribution in [0.2, 0.25) is 0 Å². The number of fused-ring (bicyclic) bond motifs is 1. The minimum Gasteiger partial charge on any atom is -0.744 e. The fourth-order valence-electron chi connectivity index (χ4n) is 2.18. The Morgan fingerprint density at radius 1 is 1.32 bits per heavy atom. The molecule has 0 saturated heterocycles. The van der Waals surface area contributed by atoms with Gasteiger partial charge >= 0.3 is 51.4 Å². The number of aromatic hydroxyl groups is 1. The Morgan fingerprint density at radius 3 is 2.77 bits per heavy atom. The van der Waals surface area contributed by atoms with Crippen LogP contribution in [0.3, 0.4) is 0 Å². The largest absolute Gasteiger partial charge is 1.00 e. The molecule has 3 rings (SSSR count). The van der Waals surface area contributed by atoms with E-state index in [9.17, 15) is 18.1 Å². The molecule has 2 aromatic rings. The molecular formula is C13H11KO6S2. The van der Waals surface area contributed by atoms with Crippen LogP contribution in [0.1, 0.15) is 5.56 Å². The zero-order chi connectivity index (χ0) is 15.0. The van der Waals surface area contributed by atoms with Crippen molar-refractivity contribution in [2.24, 2.45) is 0 Å². The minimum absolute atomic E-state index is 0. The van der Waals surface area contributed by atoms with E-state index in [1.807, 2.05) is 5.38 Å². The number of hydrogen-bond acceptors (Lipinski definition) is 7. The van der Waals surface area contributed by atoms with Gasteiger partial charge in [0.25, 0.3) is 0 Å². The molecule has 112 valence electrons. The third-order valence-corrected chi connectivity index (χ3v) is 4.71. The topological polar surface area (TPSA) is 95.9 Å². The first-order chi connectivity index (χ1) is 9.93. The molecular weight excluding hydrogens is 355 g/mol. The fourth-order valence-corrected chi connectivity index (χ4v) is 3.55. The third-order valence-electron chi connectivity index (χ3n) is 3.07. The van der Waals surface area contributed by atoms with Gasteiger partial charge in [-0.2, -0.15) is 0 Å². The van der Waals surface area contributed by atoms with Gasteiger partial charge in [0.1, 0.15) is 28.6 Å². The summed E-state index contributed by atoms with van der Waals surface area (Å²) in [6.07, 6.45) is -0.269. The maximum absolute atomic E-state index is 11.3. The SMILES string of the molecule is O=S(=O)([O-])c1ccc(O)cc1CC1COc2cscc2O1.[K+]. The average molecular weight is 366 g/mol. The van der Waals surface area contributed by atoms with Crippen molar-refractivity contribution in [1.29, 1.82) is 0 Å². The molecule has 9 heteroatoms. The van der Waals surface area contributed by atoms with Crippen LogP contribution in [0.25, 0.3) is 0 Å². The molecule has 1 N–H and O–H groups in total. The molecule has 22 heavy (non-hydrogen) atoms. The van der Waals surface area contributed by atoms with Crippen molar-refractivity contribution in [2.75, 3.05) is 6.61 Å². The molecule has 1 aromatic heterocycles. The molecule has 2 heterocycles. The van der Waals surface area contributed by atoms with Gasteiger partial charge in [0.05, 0.1) is 4.90 Å². The Hall–Kier alpha value is -0.134. The molecule has 1 aliphatic heterocycles. The number of hydrogen-bond donors (Lipinski definition) is 1. The van der Waals surface area contributed by atoms with E-state index in [-0.39, 0.29) is 80.6 Å². The molecule has 1 unspecified atom stereocenters. The number of ether oxygens (including phenoxy) is 2. The molecule has 0 saturated carbocycles. The van der Waals surface area contributed by atoms with Crippen molar-refractivity contribution in [2.45, 2.75) is 17.4 Å². The van der Waals surface area contributed by atoms with Crippen molar-refractivity contribution < 1.29 is 78.9 Å². The van der Waals surface area contributed by atoms with Crippen LogP contribution in [0.4, 0.5) is 0 Å². The van der Waals surface area contributed by atoms with E-state index in [0.717, 1.165) is 6.07 Å². The van der Waals surface area contributed by atoms with Crippen LogP contribution < -0.4 is 60.9 Å². The first-order valence-electron chi connectivity index (χ1n) is 6.07. The summed E-state index contributed by atoms with van der Waals surface area (Å²) in [5.74, 6) is 1.15. The van der Waals surface area contributed by atoms with Gasteiger partial charge in [0.2, 0.25) is 0 Å². The van der Waals surface area contributed by atoms with E-state index >= 15 is 0 Å². The van der Waals surface area contributed by atoms with E-state index in [1.54, 1.807) is 5.38 Å². The second kappa shape index (κ2) is 7.18. The van der Waals surface area contributed by atoms with Gasteiger partial charge in [0.15, 0.2) is 11.5 Å². The first-order valence-corrected chi connectivity index (χ1v) is 8.42. The number of thiophene rings is 1. The van der Waals surface area contributed by atoms with Crippen LogP contribution in [0, 0.1) is 0 Å². The van der Waals surface area contributed by atoms with Crippen molar-refractivity contribution in [3.05, 3.63) is 34.5 Å². The molecule has 1 aliphatic rings. The molecule has 6 nitrogen and oxygen atoms in total. The van der Waals surface area contributed by atoms with E-state index in [1.165, 1.54) is 23.5 Å². The smallest absolute Gasteiger partial charge is 0.744 e. The molecule has 1 aromatic carbocycles. The number of benzene rings is 1. The number of phenols is 1. The minimum atomic E-state index is -4.61. The van der Waals surface area contributed by atoms with E-state index < -0.39 is 16.2 Å². The monoisotopic (exact) mass is 366 g/mol. The summed E-state index contributed by atoms with van der Waals surface area (Å²) in [6.45, 7) is 0.248. The van der Waals surface area contributed by atoms with Crippen LogP contribution in [0.5, 0.6) is 17.2 Å². The Balaban J connectivity index is 0.00000176. The summed E-state index contributed by atoms with van der Waals surface area (Å²) in [5, 5.41) is 13.1. The van der Waals surface area contributed by atoms with E-state index in [0.29, 0.717) is 11.5 Å². The van der Waals surface area contributed by atoms with E-state index in [4.69, 9.17) is 9.47 Å². The number of rotatable bonds is 3. The normalized spacial score (nSPS) is 16.9. The van der Waals surface area contributed by atoms with Gasteiger partial charge in [-0.05, 0) is 23.8 Å². The third kappa shape index (κ3) is 4.03. The molecule has 1 atom stereocenters.